The van der Waals surface area contributed by atoms with Crippen LogP contribution in [0.3, 0.4) is 0 Å². The zero-order valence-electron chi connectivity index (χ0n) is 9.82. The van der Waals surface area contributed by atoms with Gasteiger partial charge in [-0.15, -0.1) is 0 Å². The van der Waals surface area contributed by atoms with E-state index in [4.69, 9.17) is 0 Å². The molecule has 1 aromatic rings. The molecule has 1 aliphatic rings. The molecule has 0 spiro atoms. The summed E-state index contributed by atoms with van der Waals surface area (Å²) >= 11 is 7.02. The van der Waals surface area contributed by atoms with Crippen molar-refractivity contribution in [3.63, 3.8) is 0 Å². The van der Waals surface area contributed by atoms with E-state index in [-0.39, 0.29) is 5.82 Å². The van der Waals surface area contributed by atoms with Gasteiger partial charge in [0, 0.05) is 9.80 Å². The van der Waals surface area contributed by atoms with E-state index in [1.807, 2.05) is 6.07 Å². The van der Waals surface area contributed by atoms with Crippen LogP contribution >= 0.6 is 31.9 Å². The molecule has 3 heteroatoms. The predicted molar refractivity (Wildman–Crippen MR) is 77.1 cm³/mol. The summed E-state index contributed by atoms with van der Waals surface area (Å²) in [5.74, 6) is -0.144. The third-order valence-electron chi connectivity index (χ3n) is 3.70. The second-order valence-electron chi connectivity index (χ2n) is 5.15. The van der Waals surface area contributed by atoms with Gasteiger partial charge in [0.2, 0.25) is 0 Å². The van der Waals surface area contributed by atoms with Crippen molar-refractivity contribution < 1.29 is 4.39 Å². The van der Waals surface area contributed by atoms with Crippen LogP contribution in [0.2, 0.25) is 0 Å². The van der Waals surface area contributed by atoms with E-state index in [0.717, 1.165) is 21.8 Å². The fourth-order valence-corrected chi connectivity index (χ4v) is 4.08. The first-order valence-electron chi connectivity index (χ1n) is 6.15. The normalized spacial score (nSPS) is 19.2. The van der Waals surface area contributed by atoms with Crippen molar-refractivity contribution in [3.05, 3.63) is 34.1 Å². The summed E-state index contributed by atoms with van der Waals surface area (Å²) in [5.41, 5.74) is 1.45. The minimum Gasteiger partial charge on any atom is -0.207 e. The average Bonchev–Trinajstić information content (AvgIpc) is 2.29. The van der Waals surface area contributed by atoms with Gasteiger partial charge in [-0.05, 0) is 48.4 Å². The van der Waals surface area contributed by atoms with Crippen LogP contribution in [0.4, 0.5) is 4.39 Å². The summed E-state index contributed by atoms with van der Waals surface area (Å²) in [6.45, 7) is 0. The molecular weight excluding hydrogens is 347 g/mol. The summed E-state index contributed by atoms with van der Waals surface area (Å²) < 4.78 is 14.2. The highest BCUT2D eigenvalue weighted by atomic mass is 79.9. The maximum Gasteiger partial charge on any atom is 0.124 e. The lowest BCUT2D eigenvalue weighted by Gasteiger charge is -2.36. The zero-order valence-corrected chi connectivity index (χ0v) is 13.0. The number of rotatable bonds is 3. The van der Waals surface area contributed by atoms with Crippen LogP contribution in [0.5, 0.6) is 0 Å². The van der Waals surface area contributed by atoms with Crippen LogP contribution < -0.4 is 0 Å². The lowest BCUT2D eigenvalue weighted by atomic mass is 9.72. The van der Waals surface area contributed by atoms with Gasteiger partial charge in [0.05, 0.1) is 0 Å². The smallest absolute Gasteiger partial charge is 0.124 e. The van der Waals surface area contributed by atoms with Crippen molar-refractivity contribution in [2.24, 2.45) is 5.41 Å². The molecule has 1 aliphatic carbocycles. The van der Waals surface area contributed by atoms with Crippen LogP contribution in [-0.2, 0) is 6.42 Å². The van der Waals surface area contributed by atoms with Crippen molar-refractivity contribution >= 4 is 31.9 Å². The van der Waals surface area contributed by atoms with Crippen LogP contribution in [0.15, 0.2) is 22.7 Å². The van der Waals surface area contributed by atoms with Crippen molar-refractivity contribution in [1.82, 2.24) is 0 Å². The first-order chi connectivity index (χ1) is 8.13. The largest absolute Gasteiger partial charge is 0.207 e. The van der Waals surface area contributed by atoms with Crippen molar-refractivity contribution in [2.75, 3.05) is 5.33 Å². The van der Waals surface area contributed by atoms with Crippen LogP contribution in [0, 0.1) is 11.2 Å². The van der Waals surface area contributed by atoms with Gasteiger partial charge in [0.1, 0.15) is 5.82 Å². The molecule has 0 atom stereocenters. The number of hydrogen-bond acceptors (Lipinski definition) is 0. The Bertz CT molecular complexity index is 364. The Morgan fingerprint density at radius 2 is 1.82 bits per heavy atom. The molecule has 0 radical (unpaired) electrons. The van der Waals surface area contributed by atoms with Gasteiger partial charge in [-0.1, -0.05) is 51.1 Å². The van der Waals surface area contributed by atoms with Gasteiger partial charge in [-0.25, -0.2) is 4.39 Å². The van der Waals surface area contributed by atoms with Crippen LogP contribution in [-0.4, -0.2) is 5.33 Å². The maximum atomic E-state index is 13.4. The zero-order chi connectivity index (χ0) is 12.3. The molecule has 0 nitrogen and oxygen atoms in total. The molecule has 17 heavy (non-hydrogen) atoms. The minimum absolute atomic E-state index is 0.144. The van der Waals surface area contributed by atoms with E-state index < -0.39 is 0 Å². The first kappa shape index (κ1) is 13.5. The van der Waals surface area contributed by atoms with Gasteiger partial charge >= 0.3 is 0 Å². The van der Waals surface area contributed by atoms with Gasteiger partial charge in [-0.3, -0.25) is 0 Å². The van der Waals surface area contributed by atoms with Crippen molar-refractivity contribution in [2.45, 2.75) is 38.5 Å². The molecule has 0 heterocycles. The lowest BCUT2D eigenvalue weighted by molar-refractivity contribution is 0.223. The maximum absolute atomic E-state index is 13.4. The number of benzene rings is 1. The van der Waals surface area contributed by atoms with E-state index in [1.54, 1.807) is 6.07 Å². The van der Waals surface area contributed by atoms with Crippen LogP contribution in [0.25, 0.3) is 0 Å². The summed E-state index contributed by atoms with van der Waals surface area (Å²) in [7, 11) is 0. The highest BCUT2D eigenvalue weighted by molar-refractivity contribution is 9.10. The van der Waals surface area contributed by atoms with Gasteiger partial charge < -0.3 is 0 Å². The molecule has 94 valence electrons. The second kappa shape index (κ2) is 5.83. The summed E-state index contributed by atoms with van der Waals surface area (Å²) in [6.07, 6.45) is 7.46. The standard InChI is InChI=1S/C14H17Br2F/c15-10-14(4-2-1-3-5-14)9-11-6-12(16)8-13(17)7-11/h6-8H,1-5,9-10H2. The molecule has 0 aliphatic heterocycles. The second-order valence-corrected chi connectivity index (χ2v) is 6.63. The van der Waals surface area contributed by atoms with Gasteiger partial charge in [0.15, 0.2) is 0 Å². The Morgan fingerprint density at radius 1 is 1.12 bits per heavy atom. The number of hydrogen-bond donors (Lipinski definition) is 0. The molecule has 1 fully saturated rings. The topological polar surface area (TPSA) is 0 Å². The van der Waals surface area contributed by atoms with E-state index in [9.17, 15) is 4.39 Å². The quantitative estimate of drug-likeness (QED) is 0.624. The molecule has 0 bridgehead atoms. The molecule has 1 saturated carbocycles. The fourth-order valence-electron chi connectivity index (χ4n) is 2.81. The van der Waals surface area contributed by atoms with Gasteiger partial charge in [0.25, 0.3) is 0 Å². The third kappa shape index (κ3) is 3.54. The molecule has 0 aromatic heterocycles. The predicted octanol–water partition coefficient (Wildman–Crippen LogP) is 5.48. The fraction of sp³-hybridized carbons (Fsp3) is 0.571. The van der Waals surface area contributed by atoms with E-state index in [1.165, 1.54) is 38.2 Å². The van der Waals surface area contributed by atoms with Crippen LogP contribution in [0.1, 0.15) is 37.7 Å². The monoisotopic (exact) mass is 362 g/mol. The lowest BCUT2D eigenvalue weighted by Crippen LogP contribution is -2.28. The van der Waals surface area contributed by atoms with E-state index in [2.05, 4.69) is 31.9 Å². The van der Waals surface area contributed by atoms with Gasteiger partial charge in [-0.2, -0.15) is 0 Å². The molecule has 0 unspecified atom stereocenters. The summed E-state index contributed by atoms with van der Waals surface area (Å²) in [6, 6.07) is 5.23. The average molecular weight is 364 g/mol. The minimum atomic E-state index is -0.144. The first-order valence-corrected chi connectivity index (χ1v) is 8.06. The Kier molecular flexibility index (Phi) is 4.65. The molecule has 1 aromatic carbocycles. The third-order valence-corrected chi connectivity index (χ3v) is 5.35. The number of alkyl halides is 1. The molecule has 2 rings (SSSR count). The molecule has 0 N–H and O–H groups in total. The summed E-state index contributed by atoms with van der Waals surface area (Å²) in [5, 5.41) is 1.02. The highest BCUT2D eigenvalue weighted by Crippen LogP contribution is 2.41. The Morgan fingerprint density at radius 3 is 2.41 bits per heavy atom. The highest BCUT2D eigenvalue weighted by Gasteiger charge is 2.31. The Hall–Kier alpha value is 0.110. The van der Waals surface area contributed by atoms with Crippen molar-refractivity contribution in [1.29, 1.82) is 0 Å². The molecule has 0 amide bonds. The SMILES string of the molecule is Fc1cc(Br)cc(CC2(CBr)CCCCC2)c1. The summed E-state index contributed by atoms with van der Waals surface area (Å²) in [4.78, 5) is 0. The number of halogens is 3. The molecular formula is C14H17Br2F. The molecule has 0 saturated heterocycles. The van der Waals surface area contributed by atoms with E-state index >= 15 is 0 Å². The van der Waals surface area contributed by atoms with E-state index in [0.29, 0.717) is 5.41 Å². The Balaban J connectivity index is 2.17. The Labute approximate surface area is 119 Å². The van der Waals surface area contributed by atoms with Crippen molar-refractivity contribution in [3.8, 4) is 0 Å².